The van der Waals surface area contributed by atoms with Gasteiger partial charge in [-0.05, 0) is 34.6 Å². The number of aromatic nitrogens is 3. The fourth-order valence-corrected chi connectivity index (χ4v) is 2.28. The second-order valence-corrected chi connectivity index (χ2v) is 5.00. The Labute approximate surface area is 117 Å². The molecular weight excluding hydrogens is 264 g/mol. The molecule has 0 saturated heterocycles. The Morgan fingerprint density at radius 2 is 1.68 bits per heavy atom. The summed E-state index contributed by atoms with van der Waals surface area (Å²) < 4.78 is 5.17. The molecule has 2 aromatic heterocycles. The van der Waals surface area contributed by atoms with Crippen LogP contribution in [0.25, 0.3) is 0 Å². The Bertz CT molecular complexity index is 589. The minimum atomic E-state index is 0.000145. The van der Waals surface area contributed by atoms with Crippen LogP contribution in [-0.2, 0) is 0 Å². The molecule has 0 aliphatic heterocycles. The van der Waals surface area contributed by atoms with Gasteiger partial charge in [-0.25, -0.2) is 9.97 Å². The second kappa shape index (κ2) is 5.17. The number of hydrogen-bond donors (Lipinski definition) is 1. The Morgan fingerprint density at radius 3 is 2.26 bits per heavy atom. The van der Waals surface area contributed by atoms with Gasteiger partial charge in [-0.15, -0.1) is 0 Å². The number of anilines is 1. The van der Waals surface area contributed by atoms with E-state index in [9.17, 15) is 0 Å². The predicted octanol–water partition coefficient (Wildman–Crippen LogP) is 3.52. The standard InChI is InChI=1S/C13H17ClN4O/c1-6-7(2)16-13(12(14)15-6)17-8(3)11-9(4)18-19-10(11)5/h8H,1-5H3,(H,16,17). The molecule has 2 rings (SSSR count). The van der Waals surface area contributed by atoms with Crippen molar-refractivity contribution in [1.29, 1.82) is 0 Å². The van der Waals surface area contributed by atoms with E-state index >= 15 is 0 Å². The molecule has 0 bridgehead atoms. The first kappa shape index (κ1) is 13.8. The maximum absolute atomic E-state index is 6.11. The molecule has 0 spiro atoms. The molecule has 1 atom stereocenters. The summed E-state index contributed by atoms with van der Waals surface area (Å²) in [4.78, 5) is 8.68. The third-order valence-corrected chi connectivity index (χ3v) is 3.40. The Hall–Kier alpha value is -1.62. The number of halogens is 1. The van der Waals surface area contributed by atoms with Gasteiger partial charge in [-0.1, -0.05) is 16.8 Å². The lowest BCUT2D eigenvalue weighted by molar-refractivity contribution is 0.392. The number of hydrogen-bond acceptors (Lipinski definition) is 5. The molecule has 0 fully saturated rings. The van der Waals surface area contributed by atoms with Crippen LogP contribution in [0.5, 0.6) is 0 Å². The smallest absolute Gasteiger partial charge is 0.171 e. The van der Waals surface area contributed by atoms with Crippen molar-refractivity contribution in [2.75, 3.05) is 5.32 Å². The van der Waals surface area contributed by atoms with Crippen molar-refractivity contribution >= 4 is 17.4 Å². The topological polar surface area (TPSA) is 63.8 Å². The van der Waals surface area contributed by atoms with Gasteiger partial charge < -0.3 is 9.84 Å². The van der Waals surface area contributed by atoms with Crippen molar-refractivity contribution in [2.24, 2.45) is 0 Å². The molecule has 1 N–H and O–H groups in total. The summed E-state index contributed by atoms with van der Waals surface area (Å²) in [5.41, 5.74) is 3.58. The van der Waals surface area contributed by atoms with Crippen LogP contribution in [0.15, 0.2) is 4.52 Å². The summed E-state index contributed by atoms with van der Waals surface area (Å²) in [5, 5.41) is 7.58. The molecule has 19 heavy (non-hydrogen) atoms. The van der Waals surface area contributed by atoms with Crippen LogP contribution in [0.3, 0.4) is 0 Å². The van der Waals surface area contributed by atoms with E-state index in [2.05, 4.69) is 20.4 Å². The van der Waals surface area contributed by atoms with Gasteiger partial charge in [-0.3, -0.25) is 0 Å². The molecule has 5 nitrogen and oxygen atoms in total. The van der Waals surface area contributed by atoms with Gasteiger partial charge in [0.2, 0.25) is 0 Å². The van der Waals surface area contributed by atoms with E-state index in [1.807, 2.05) is 34.6 Å². The third-order valence-electron chi connectivity index (χ3n) is 3.14. The van der Waals surface area contributed by atoms with Crippen LogP contribution in [0.2, 0.25) is 5.15 Å². The van der Waals surface area contributed by atoms with E-state index in [4.69, 9.17) is 16.1 Å². The van der Waals surface area contributed by atoms with Crippen LogP contribution in [-0.4, -0.2) is 15.1 Å². The highest BCUT2D eigenvalue weighted by molar-refractivity contribution is 6.31. The summed E-state index contributed by atoms with van der Waals surface area (Å²) in [6, 6.07) is 0.000145. The molecule has 2 aromatic rings. The predicted molar refractivity (Wildman–Crippen MR) is 74.5 cm³/mol. The fourth-order valence-electron chi connectivity index (χ4n) is 2.05. The highest BCUT2D eigenvalue weighted by Crippen LogP contribution is 2.27. The second-order valence-electron chi connectivity index (χ2n) is 4.64. The van der Waals surface area contributed by atoms with Gasteiger partial charge in [0.15, 0.2) is 11.0 Å². The highest BCUT2D eigenvalue weighted by Gasteiger charge is 2.18. The van der Waals surface area contributed by atoms with Crippen LogP contribution >= 0.6 is 11.6 Å². The van der Waals surface area contributed by atoms with Gasteiger partial charge in [0.1, 0.15) is 5.76 Å². The minimum Gasteiger partial charge on any atom is -0.361 e. The Morgan fingerprint density at radius 1 is 1.05 bits per heavy atom. The number of aryl methyl sites for hydroxylation is 4. The lowest BCUT2D eigenvalue weighted by atomic mass is 10.1. The molecule has 2 heterocycles. The average Bonchev–Trinajstić information content (AvgIpc) is 2.66. The largest absolute Gasteiger partial charge is 0.361 e. The zero-order chi connectivity index (χ0) is 14.2. The van der Waals surface area contributed by atoms with Crippen LogP contribution in [0.1, 0.15) is 41.4 Å². The molecule has 1 unspecified atom stereocenters. The third kappa shape index (κ3) is 2.71. The van der Waals surface area contributed by atoms with E-state index in [1.165, 1.54) is 0 Å². The van der Waals surface area contributed by atoms with Crippen molar-refractivity contribution in [1.82, 2.24) is 15.1 Å². The molecular formula is C13H17ClN4O. The Balaban J connectivity index is 2.29. The van der Waals surface area contributed by atoms with Crippen molar-refractivity contribution in [3.05, 3.63) is 33.6 Å². The van der Waals surface area contributed by atoms with Gasteiger partial charge in [0.05, 0.1) is 23.1 Å². The highest BCUT2D eigenvalue weighted by atomic mass is 35.5. The Kier molecular flexibility index (Phi) is 3.75. The zero-order valence-electron chi connectivity index (χ0n) is 11.7. The monoisotopic (exact) mass is 280 g/mol. The summed E-state index contributed by atoms with van der Waals surface area (Å²) in [5.74, 6) is 1.38. The summed E-state index contributed by atoms with van der Waals surface area (Å²) in [6.45, 7) is 9.61. The quantitative estimate of drug-likeness (QED) is 0.932. The first-order valence-electron chi connectivity index (χ1n) is 6.10. The van der Waals surface area contributed by atoms with Gasteiger partial charge in [0, 0.05) is 5.56 Å². The van der Waals surface area contributed by atoms with Crippen LogP contribution < -0.4 is 5.32 Å². The molecule has 0 aliphatic carbocycles. The van der Waals surface area contributed by atoms with Gasteiger partial charge in [0.25, 0.3) is 0 Å². The first-order chi connectivity index (χ1) is 8.90. The minimum absolute atomic E-state index is 0.000145. The number of rotatable bonds is 3. The molecule has 6 heteroatoms. The molecule has 0 radical (unpaired) electrons. The van der Waals surface area contributed by atoms with Crippen LogP contribution in [0, 0.1) is 27.7 Å². The fraction of sp³-hybridized carbons (Fsp3) is 0.462. The summed E-state index contributed by atoms with van der Waals surface area (Å²) in [7, 11) is 0. The average molecular weight is 281 g/mol. The zero-order valence-corrected chi connectivity index (χ0v) is 12.5. The maximum Gasteiger partial charge on any atom is 0.171 e. The van der Waals surface area contributed by atoms with Crippen molar-refractivity contribution in [3.63, 3.8) is 0 Å². The van der Waals surface area contributed by atoms with Crippen molar-refractivity contribution in [2.45, 2.75) is 40.7 Å². The SMILES string of the molecule is Cc1nc(Cl)c(NC(C)c2c(C)noc2C)nc1C. The number of nitrogens with zero attached hydrogens (tertiary/aromatic N) is 3. The molecule has 102 valence electrons. The van der Waals surface area contributed by atoms with Gasteiger partial charge >= 0.3 is 0 Å². The molecule has 0 aliphatic rings. The summed E-state index contributed by atoms with van der Waals surface area (Å²) >= 11 is 6.11. The first-order valence-corrected chi connectivity index (χ1v) is 6.48. The van der Waals surface area contributed by atoms with E-state index in [1.54, 1.807) is 0 Å². The van der Waals surface area contributed by atoms with Gasteiger partial charge in [-0.2, -0.15) is 0 Å². The van der Waals surface area contributed by atoms with Crippen molar-refractivity contribution < 1.29 is 4.52 Å². The van der Waals surface area contributed by atoms with Crippen LogP contribution in [0.4, 0.5) is 5.82 Å². The molecule has 0 aromatic carbocycles. The van der Waals surface area contributed by atoms with E-state index < -0.39 is 0 Å². The molecule has 0 amide bonds. The normalized spacial score (nSPS) is 12.5. The maximum atomic E-state index is 6.11. The van der Waals surface area contributed by atoms with Crippen molar-refractivity contribution in [3.8, 4) is 0 Å². The van der Waals surface area contributed by atoms with E-state index in [0.29, 0.717) is 11.0 Å². The summed E-state index contributed by atoms with van der Waals surface area (Å²) in [6.07, 6.45) is 0. The van der Waals surface area contributed by atoms with E-state index in [-0.39, 0.29) is 6.04 Å². The number of nitrogens with one attached hydrogen (secondary N) is 1. The molecule has 0 saturated carbocycles. The lowest BCUT2D eigenvalue weighted by Gasteiger charge is -2.16. The van der Waals surface area contributed by atoms with E-state index in [0.717, 1.165) is 28.4 Å². The lowest BCUT2D eigenvalue weighted by Crippen LogP contribution is -2.11.